The average molecular weight is 207 g/mol. The van der Waals surface area contributed by atoms with Crippen LogP contribution in [0.25, 0.3) is 0 Å². The first kappa shape index (κ1) is 9.36. The Morgan fingerprint density at radius 1 is 1.40 bits per heavy atom. The molecular weight excluding hydrogens is 190 g/mol. The minimum absolute atomic E-state index is 0.699. The van der Waals surface area contributed by atoms with Gasteiger partial charge in [0.1, 0.15) is 6.26 Å². The summed E-state index contributed by atoms with van der Waals surface area (Å²) in [5.74, 6) is 0. The Bertz CT molecular complexity index is 312. The molecule has 0 amide bonds. The van der Waals surface area contributed by atoms with Crippen LogP contribution in [-0.4, -0.2) is 35.2 Å². The molecule has 0 spiro atoms. The van der Waals surface area contributed by atoms with Gasteiger partial charge in [0.25, 0.3) is 0 Å². The number of aromatic nitrogens is 1. The van der Waals surface area contributed by atoms with Crippen LogP contribution in [-0.2, 0) is 6.54 Å². The van der Waals surface area contributed by atoms with Crippen LogP contribution in [0.2, 0.25) is 0 Å². The smallest absolute Gasteiger partial charge is 0.124 e. The third-order valence-corrected chi connectivity index (χ3v) is 3.48. The minimum Gasteiger partial charge on any atom is -0.364 e. The molecule has 1 aromatic heterocycles. The van der Waals surface area contributed by atoms with Crippen molar-refractivity contribution in [2.45, 2.75) is 37.9 Å². The monoisotopic (exact) mass is 207 g/mol. The third kappa shape index (κ3) is 2.06. The summed E-state index contributed by atoms with van der Waals surface area (Å²) < 4.78 is 4.86. The molecule has 1 N–H and O–H groups in total. The second kappa shape index (κ2) is 3.94. The van der Waals surface area contributed by atoms with Gasteiger partial charge < -0.3 is 9.84 Å². The summed E-state index contributed by atoms with van der Waals surface area (Å²) in [6, 6.07) is 3.41. The van der Waals surface area contributed by atoms with Crippen LogP contribution >= 0.6 is 0 Å². The fraction of sp³-hybridized carbons (Fsp3) is 0.727. The van der Waals surface area contributed by atoms with E-state index in [1.54, 1.807) is 6.26 Å². The predicted molar refractivity (Wildman–Crippen MR) is 56.3 cm³/mol. The van der Waals surface area contributed by atoms with Gasteiger partial charge in [0, 0.05) is 37.8 Å². The van der Waals surface area contributed by atoms with E-state index in [4.69, 9.17) is 4.52 Å². The van der Waals surface area contributed by atoms with E-state index in [1.807, 2.05) is 6.07 Å². The van der Waals surface area contributed by atoms with Crippen molar-refractivity contribution in [3.63, 3.8) is 0 Å². The average Bonchev–Trinajstić information content (AvgIpc) is 2.80. The van der Waals surface area contributed by atoms with Crippen LogP contribution in [0.3, 0.4) is 0 Å². The van der Waals surface area contributed by atoms with E-state index < -0.39 is 0 Å². The number of rotatable bonds is 2. The van der Waals surface area contributed by atoms with Crippen molar-refractivity contribution in [1.29, 1.82) is 0 Å². The standard InChI is InChI=1S/C11H17N3O/c1-2-10-7-14(5-3-9(1)12-10)8-11-4-6-15-13-11/h4,6,9-10,12H,1-3,5,7-8H2. The second-order valence-electron chi connectivity index (χ2n) is 4.65. The molecule has 2 unspecified atom stereocenters. The second-order valence-corrected chi connectivity index (χ2v) is 4.65. The Labute approximate surface area is 89.6 Å². The first-order chi connectivity index (χ1) is 7.40. The molecule has 0 saturated carbocycles. The molecule has 3 heterocycles. The zero-order chi connectivity index (χ0) is 10.1. The fourth-order valence-electron chi connectivity index (χ4n) is 2.71. The highest BCUT2D eigenvalue weighted by atomic mass is 16.5. The number of hydrogen-bond donors (Lipinski definition) is 1. The molecule has 2 aliphatic heterocycles. The van der Waals surface area contributed by atoms with Crippen LogP contribution in [0.5, 0.6) is 0 Å². The van der Waals surface area contributed by atoms with E-state index in [-0.39, 0.29) is 0 Å². The Morgan fingerprint density at radius 3 is 3.20 bits per heavy atom. The van der Waals surface area contributed by atoms with Gasteiger partial charge in [-0.1, -0.05) is 5.16 Å². The molecule has 0 aromatic carbocycles. The summed E-state index contributed by atoms with van der Waals surface area (Å²) in [4.78, 5) is 2.48. The molecule has 4 nitrogen and oxygen atoms in total. The zero-order valence-corrected chi connectivity index (χ0v) is 8.85. The van der Waals surface area contributed by atoms with Gasteiger partial charge in [-0.25, -0.2) is 0 Å². The SMILES string of the molecule is c1cc(CN2CCC3CCC(C2)N3)no1. The molecule has 2 atom stereocenters. The van der Waals surface area contributed by atoms with Gasteiger partial charge >= 0.3 is 0 Å². The van der Waals surface area contributed by atoms with E-state index in [0.717, 1.165) is 24.8 Å². The molecule has 15 heavy (non-hydrogen) atoms. The number of likely N-dealkylation sites (tertiary alicyclic amines) is 1. The Kier molecular flexibility index (Phi) is 2.46. The first-order valence-electron chi connectivity index (χ1n) is 5.78. The summed E-state index contributed by atoms with van der Waals surface area (Å²) in [7, 11) is 0. The summed E-state index contributed by atoms with van der Waals surface area (Å²) >= 11 is 0. The highest BCUT2D eigenvalue weighted by Crippen LogP contribution is 2.21. The van der Waals surface area contributed by atoms with Crippen molar-refractivity contribution < 1.29 is 4.52 Å². The van der Waals surface area contributed by atoms with Gasteiger partial charge in [0.05, 0.1) is 5.69 Å². The lowest BCUT2D eigenvalue weighted by atomic mass is 10.1. The van der Waals surface area contributed by atoms with Crippen molar-refractivity contribution in [3.05, 3.63) is 18.0 Å². The van der Waals surface area contributed by atoms with Crippen LogP contribution in [0.15, 0.2) is 16.9 Å². The maximum Gasteiger partial charge on any atom is 0.124 e. The maximum atomic E-state index is 4.86. The van der Waals surface area contributed by atoms with Crippen molar-refractivity contribution in [2.24, 2.45) is 0 Å². The lowest BCUT2D eigenvalue weighted by Crippen LogP contribution is -2.35. The molecule has 0 aliphatic carbocycles. The largest absolute Gasteiger partial charge is 0.364 e. The maximum absolute atomic E-state index is 4.86. The van der Waals surface area contributed by atoms with Gasteiger partial charge in [-0.2, -0.15) is 0 Å². The van der Waals surface area contributed by atoms with E-state index in [0.29, 0.717) is 6.04 Å². The molecule has 0 radical (unpaired) electrons. The van der Waals surface area contributed by atoms with Crippen molar-refractivity contribution in [1.82, 2.24) is 15.4 Å². The zero-order valence-electron chi connectivity index (χ0n) is 8.85. The van der Waals surface area contributed by atoms with Crippen molar-refractivity contribution >= 4 is 0 Å². The molecule has 3 rings (SSSR count). The number of fused-ring (bicyclic) bond motifs is 2. The van der Waals surface area contributed by atoms with Crippen LogP contribution in [0.4, 0.5) is 0 Å². The van der Waals surface area contributed by atoms with Gasteiger partial charge in [0.2, 0.25) is 0 Å². The molecule has 2 saturated heterocycles. The lowest BCUT2D eigenvalue weighted by Gasteiger charge is -2.22. The Morgan fingerprint density at radius 2 is 2.33 bits per heavy atom. The topological polar surface area (TPSA) is 41.3 Å². The van der Waals surface area contributed by atoms with Gasteiger partial charge in [0.15, 0.2) is 0 Å². The number of hydrogen-bond acceptors (Lipinski definition) is 4. The Balaban J connectivity index is 1.62. The van der Waals surface area contributed by atoms with E-state index in [2.05, 4.69) is 15.4 Å². The molecule has 1 aromatic rings. The quantitative estimate of drug-likeness (QED) is 0.785. The third-order valence-electron chi connectivity index (χ3n) is 3.48. The van der Waals surface area contributed by atoms with Gasteiger partial charge in [-0.05, 0) is 19.3 Å². The van der Waals surface area contributed by atoms with Crippen molar-refractivity contribution in [3.8, 4) is 0 Å². The van der Waals surface area contributed by atoms with Crippen LogP contribution < -0.4 is 5.32 Å². The summed E-state index contributed by atoms with van der Waals surface area (Å²) in [5, 5.41) is 7.64. The van der Waals surface area contributed by atoms with E-state index in [9.17, 15) is 0 Å². The highest BCUT2D eigenvalue weighted by molar-refractivity contribution is 4.97. The molecule has 82 valence electrons. The highest BCUT2D eigenvalue weighted by Gasteiger charge is 2.29. The fourth-order valence-corrected chi connectivity index (χ4v) is 2.71. The molecule has 2 fully saturated rings. The van der Waals surface area contributed by atoms with Gasteiger partial charge in [-0.3, -0.25) is 4.90 Å². The first-order valence-corrected chi connectivity index (χ1v) is 5.78. The van der Waals surface area contributed by atoms with Gasteiger partial charge in [-0.15, -0.1) is 0 Å². The molecule has 2 aliphatic rings. The Hall–Kier alpha value is -0.870. The van der Waals surface area contributed by atoms with Crippen molar-refractivity contribution in [2.75, 3.05) is 13.1 Å². The summed E-state index contributed by atoms with van der Waals surface area (Å²) in [6.45, 7) is 3.27. The summed E-state index contributed by atoms with van der Waals surface area (Å²) in [6.07, 6.45) is 5.62. The molecular formula is C11H17N3O. The van der Waals surface area contributed by atoms with Crippen LogP contribution in [0, 0.1) is 0 Å². The normalized spacial score (nSPS) is 31.7. The number of nitrogens with one attached hydrogen (secondary N) is 1. The molecule has 4 heteroatoms. The minimum atomic E-state index is 0.699. The van der Waals surface area contributed by atoms with E-state index in [1.165, 1.54) is 25.8 Å². The molecule has 2 bridgehead atoms. The summed E-state index contributed by atoms with van der Waals surface area (Å²) in [5.41, 5.74) is 1.05. The lowest BCUT2D eigenvalue weighted by molar-refractivity contribution is 0.243. The van der Waals surface area contributed by atoms with E-state index >= 15 is 0 Å². The number of nitrogens with zero attached hydrogens (tertiary/aromatic N) is 2. The van der Waals surface area contributed by atoms with Crippen LogP contribution in [0.1, 0.15) is 25.0 Å². The predicted octanol–water partition coefficient (Wildman–Crippen LogP) is 1.00.